The van der Waals surface area contributed by atoms with Gasteiger partial charge in [-0.2, -0.15) is 0 Å². The molecule has 0 amide bonds. The second kappa shape index (κ2) is 4.47. The van der Waals surface area contributed by atoms with E-state index in [-0.39, 0.29) is 6.04 Å². The maximum absolute atomic E-state index is 6.45. The molecule has 2 fully saturated rings. The van der Waals surface area contributed by atoms with Crippen molar-refractivity contribution in [3.05, 3.63) is 23.8 Å². The fourth-order valence-electron chi connectivity index (χ4n) is 3.72. The van der Waals surface area contributed by atoms with Crippen molar-refractivity contribution in [1.29, 1.82) is 0 Å². The summed E-state index contributed by atoms with van der Waals surface area (Å²) in [6, 6.07) is 5.98. The van der Waals surface area contributed by atoms with Gasteiger partial charge in [-0.1, -0.05) is 6.42 Å². The average molecular weight is 247 g/mol. The molecular formula is C15H21NO2. The van der Waals surface area contributed by atoms with E-state index in [0.717, 1.165) is 28.9 Å². The van der Waals surface area contributed by atoms with Crippen LogP contribution in [-0.4, -0.2) is 14.2 Å². The highest BCUT2D eigenvalue weighted by Gasteiger charge is 2.55. The van der Waals surface area contributed by atoms with Crippen LogP contribution in [0.5, 0.6) is 11.5 Å². The Morgan fingerprint density at radius 1 is 1.17 bits per heavy atom. The standard InChI is InChI=1S/C15H21NO2/c1-17-9-6-7-13(18-2)12(8-9)15(16)14-10-4-3-5-11(10)14/h6-8,10-11,14-15H,3-5,16H2,1-2H3. The predicted molar refractivity (Wildman–Crippen MR) is 70.8 cm³/mol. The van der Waals surface area contributed by atoms with Crippen LogP contribution in [0.4, 0.5) is 0 Å². The second-order valence-corrected chi connectivity index (χ2v) is 5.47. The lowest BCUT2D eigenvalue weighted by molar-refractivity contribution is 0.388. The highest BCUT2D eigenvalue weighted by Crippen LogP contribution is 2.62. The third-order valence-electron chi connectivity index (χ3n) is 4.68. The van der Waals surface area contributed by atoms with Gasteiger partial charge in [0.05, 0.1) is 14.2 Å². The molecule has 1 aromatic carbocycles. The molecule has 3 rings (SSSR count). The summed E-state index contributed by atoms with van der Waals surface area (Å²) in [4.78, 5) is 0. The number of fused-ring (bicyclic) bond motifs is 1. The number of methoxy groups -OCH3 is 2. The van der Waals surface area contributed by atoms with Crippen LogP contribution in [0.25, 0.3) is 0 Å². The molecule has 3 nitrogen and oxygen atoms in total. The average Bonchev–Trinajstić information content (AvgIpc) is 2.89. The number of nitrogens with two attached hydrogens (primary N) is 1. The number of rotatable bonds is 4. The molecule has 3 heteroatoms. The van der Waals surface area contributed by atoms with Gasteiger partial charge in [0.2, 0.25) is 0 Å². The first-order valence-electron chi connectivity index (χ1n) is 6.73. The Morgan fingerprint density at radius 3 is 2.50 bits per heavy atom. The third-order valence-corrected chi connectivity index (χ3v) is 4.68. The molecule has 2 saturated carbocycles. The second-order valence-electron chi connectivity index (χ2n) is 5.47. The summed E-state index contributed by atoms with van der Waals surface area (Å²) < 4.78 is 10.7. The van der Waals surface area contributed by atoms with E-state index < -0.39 is 0 Å². The maximum Gasteiger partial charge on any atom is 0.123 e. The molecule has 2 aliphatic carbocycles. The Bertz CT molecular complexity index is 436. The molecule has 18 heavy (non-hydrogen) atoms. The smallest absolute Gasteiger partial charge is 0.123 e. The van der Waals surface area contributed by atoms with Crippen LogP contribution in [0.2, 0.25) is 0 Å². The van der Waals surface area contributed by atoms with Crippen LogP contribution < -0.4 is 15.2 Å². The van der Waals surface area contributed by atoms with Gasteiger partial charge < -0.3 is 15.2 Å². The molecule has 3 unspecified atom stereocenters. The number of hydrogen-bond donors (Lipinski definition) is 1. The van der Waals surface area contributed by atoms with Crippen LogP contribution >= 0.6 is 0 Å². The van der Waals surface area contributed by atoms with Gasteiger partial charge in [-0.05, 0) is 48.8 Å². The zero-order chi connectivity index (χ0) is 12.7. The molecule has 0 saturated heterocycles. The number of benzene rings is 1. The van der Waals surface area contributed by atoms with Crippen molar-refractivity contribution in [1.82, 2.24) is 0 Å². The van der Waals surface area contributed by atoms with Gasteiger partial charge in [0, 0.05) is 11.6 Å². The van der Waals surface area contributed by atoms with Gasteiger partial charge in [-0.3, -0.25) is 0 Å². The first-order chi connectivity index (χ1) is 8.76. The Labute approximate surface area is 108 Å². The molecule has 0 heterocycles. The molecule has 0 radical (unpaired) electrons. The minimum Gasteiger partial charge on any atom is -0.497 e. The lowest BCUT2D eigenvalue weighted by Gasteiger charge is -2.18. The zero-order valence-electron chi connectivity index (χ0n) is 11.1. The van der Waals surface area contributed by atoms with Gasteiger partial charge >= 0.3 is 0 Å². The highest BCUT2D eigenvalue weighted by atomic mass is 16.5. The predicted octanol–water partition coefficient (Wildman–Crippen LogP) is 2.75. The highest BCUT2D eigenvalue weighted by molar-refractivity contribution is 5.43. The zero-order valence-corrected chi connectivity index (χ0v) is 11.1. The third kappa shape index (κ3) is 1.77. The van der Waals surface area contributed by atoms with Crippen LogP contribution in [0.15, 0.2) is 18.2 Å². The first kappa shape index (κ1) is 11.8. The maximum atomic E-state index is 6.45. The van der Waals surface area contributed by atoms with E-state index in [1.807, 2.05) is 18.2 Å². The summed E-state index contributed by atoms with van der Waals surface area (Å²) in [5, 5.41) is 0. The van der Waals surface area contributed by atoms with Gasteiger partial charge in [0.15, 0.2) is 0 Å². The van der Waals surface area contributed by atoms with Gasteiger partial charge in [-0.25, -0.2) is 0 Å². The summed E-state index contributed by atoms with van der Waals surface area (Å²) in [6.45, 7) is 0. The van der Waals surface area contributed by atoms with E-state index in [1.54, 1.807) is 14.2 Å². The quantitative estimate of drug-likeness (QED) is 0.889. The molecule has 0 aromatic heterocycles. The van der Waals surface area contributed by atoms with E-state index in [9.17, 15) is 0 Å². The van der Waals surface area contributed by atoms with E-state index in [2.05, 4.69) is 0 Å². The largest absolute Gasteiger partial charge is 0.497 e. The van der Waals surface area contributed by atoms with Crippen molar-refractivity contribution >= 4 is 0 Å². The molecule has 1 aromatic rings. The fourth-order valence-corrected chi connectivity index (χ4v) is 3.72. The topological polar surface area (TPSA) is 44.5 Å². The Morgan fingerprint density at radius 2 is 1.89 bits per heavy atom. The molecule has 0 bridgehead atoms. The molecule has 3 atom stereocenters. The summed E-state index contributed by atoms with van der Waals surface area (Å²) in [5.74, 6) is 4.10. The number of hydrogen-bond acceptors (Lipinski definition) is 3. The molecule has 0 aliphatic heterocycles. The minimum atomic E-state index is 0.0883. The van der Waals surface area contributed by atoms with Crippen LogP contribution in [-0.2, 0) is 0 Å². The van der Waals surface area contributed by atoms with Gasteiger partial charge in [0.1, 0.15) is 11.5 Å². The summed E-state index contributed by atoms with van der Waals surface area (Å²) in [6.07, 6.45) is 4.10. The Balaban J connectivity index is 1.85. The normalized spacial score (nSPS) is 30.7. The van der Waals surface area contributed by atoms with Crippen molar-refractivity contribution < 1.29 is 9.47 Å². The van der Waals surface area contributed by atoms with Crippen molar-refractivity contribution in [2.75, 3.05) is 14.2 Å². The van der Waals surface area contributed by atoms with Crippen LogP contribution in [0, 0.1) is 17.8 Å². The van der Waals surface area contributed by atoms with Crippen LogP contribution in [0.3, 0.4) is 0 Å². The Hall–Kier alpha value is -1.22. The molecule has 2 aliphatic rings. The summed E-state index contributed by atoms with van der Waals surface area (Å²) in [7, 11) is 3.38. The fraction of sp³-hybridized carbons (Fsp3) is 0.600. The minimum absolute atomic E-state index is 0.0883. The summed E-state index contributed by atoms with van der Waals surface area (Å²) >= 11 is 0. The lowest BCUT2D eigenvalue weighted by Crippen LogP contribution is -2.16. The Kier molecular flexibility index (Phi) is 2.94. The van der Waals surface area contributed by atoms with E-state index in [4.69, 9.17) is 15.2 Å². The van der Waals surface area contributed by atoms with Crippen molar-refractivity contribution in [2.45, 2.75) is 25.3 Å². The SMILES string of the molecule is COc1ccc(OC)c(C(N)C2C3CCCC32)c1. The molecule has 2 N–H and O–H groups in total. The monoisotopic (exact) mass is 247 g/mol. The van der Waals surface area contributed by atoms with Gasteiger partial charge in [0.25, 0.3) is 0 Å². The van der Waals surface area contributed by atoms with E-state index >= 15 is 0 Å². The summed E-state index contributed by atoms with van der Waals surface area (Å²) in [5.41, 5.74) is 7.55. The van der Waals surface area contributed by atoms with Crippen LogP contribution in [0.1, 0.15) is 30.9 Å². The van der Waals surface area contributed by atoms with Crippen molar-refractivity contribution in [2.24, 2.45) is 23.5 Å². The molecular weight excluding hydrogens is 226 g/mol. The van der Waals surface area contributed by atoms with Gasteiger partial charge in [-0.15, -0.1) is 0 Å². The lowest BCUT2D eigenvalue weighted by atomic mass is 9.97. The molecule has 0 spiro atoms. The van der Waals surface area contributed by atoms with E-state index in [0.29, 0.717) is 5.92 Å². The van der Waals surface area contributed by atoms with E-state index in [1.165, 1.54) is 19.3 Å². The number of ether oxygens (including phenoxy) is 2. The van der Waals surface area contributed by atoms with Crippen molar-refractivity contribution in [3.8, 4) is 11.5 Å². The molecule has 98 valence electrons. The first-order valence-corrected chi connectivity index (χ1v) is 6.73. The van der Waals surface area contributed by atoms with Crippen molar-refractivity contribution in [3.63, 3.8) is 0 Å².